The van der Waals surface area contributed by atoms with Crippen LogP contribution in [0.3, 0.4) is 0 Å². The number of nitrogens with one attached hydrogen (secondary N) is 2. The van der Waals surface area contributed by atoms with E-state index in [0.29, 0.717) is 13.2 Å². The summed E-state index contributed by atoms with van der Waals surface area (Å²) in [4.78, 5) is 18.3. The van der Waals surface area contributed by atoms with Gasteiger partial charge in [0, 0.05) is 33.8 Å². The highest BCUT2D eigenvalue weighted by Gasteiger charge is 2.35. The highest BCUT2D eigenvalue weighted by molar-refractivity contribution is 14.0. The van der Waals surface area contributed by atoms with Crippen molar-refractivity contribution in [2.24, 2.45) is 16.8 Å². The molecule has 2 rings (SSSR count). The van der Waals surface area contributed by atoms with Crippen molar-refractivity contribution in [1.82, 2.24) is 15.5 Å². The van der Waals surface area contributed by atoms with Crippen LogP contribution in [0.2, 0.25) is 0 Å². The second kappa shape index (κ2) is 10.3. The lowest BCUT2D eigenvalue weighted by molar-refractivity contribution is -0.120. The van der Waals surface area contributed by atoms with E-state index in [0.717, 1.165) is 30.9 Å². The van der Waals surface area contributed by atoms with E-state index >= 15 is 0 Å². The van der Waals surface area contributed by atoms with Crippen molar-refractivity contribution in [3.05, 3.63) is 0 Å². The molecule has 7 heteroatoms. The molecule has 1 amide bonds. The number of amides is 1. The Labute approximate surface area is 150 Å². The topological polar surface area (TPSA) is 66.0 Å². The molecule has 1 aliphatic carbocycles. The summed E-state index contributed by atoms with van der Waals surface area (Å²) in [6.07, 6.45) is 5.41. The molecule has 0 bridgehead atoms. The summed E-state index contributed by atoms with van der Waals surface area (Å²) < 4.78 is 4.91. The molecule has 2 aliphatic rings. The molecule has 1 saturated carbocycles. The van der Waals surface area contributed by atoms with Gasteiger partial charge in [0.1, 0.15) is 0 Å². The minimum absolute atomic E-state index is 0. The van der Waals surface area contributed by atoms with E-state index in [1.165, 1.54) is 25.7 Å². The number of rotatable bonds is 5. The quantitative estimate of drug-likeness (QED) is 0.300. The maximum Gasteiger partial charge on any atom is 0.239 e. The van der Waals surface area contributed by atoms with Crippen LogP contribution in [0, 0.1) is 11.8 Å². The molecule has 2 atom stereocenters. The molecule has 22 heavy (non-hydrogen) atoms. The van der Waals surface area contributed by atoms with Gasteiger partial charge in [0.25, 0.3) is 0 Å². The standard InChI is InChI=1S/C15H28N4O2.HI/c1-16-15(18-9-14(20)17-7-8-21-2)19-10-12-5-3-4-6-13(12)11-19;/h12-13H,3-11H2,1-2H3,(H,16,18)(H,17,20);1H. The smallest absolute Gasteiger partial charge is 0.239 e. The largest absolute Gasteiger partial charge is 0.383 e. The Kier molecular flexibility index (Phi) is 9.08. The van der Waals surface area contributed by atoms with Crippen molar-refractivity contribution in [2.75, 3.05) is 46.9 Å². The maximum absolute atomic E-state index is 11.7. The summed E-state index contributed by atoms with van der Waals surface area (Å²) in [7, 11) is 3.41. The number of halogens is 1. The van der Waals surface area contributed by atoms with Gasteiger partial charge in [0.15, 0.2) is 5.96 Å². The minimum Gasteiger partial charge on any atom is -0.383 e. The normalized spacial score (nSPS) is 24.5. The van der Waals surface area contributed by atoms with Crippen molar-refractivity contribution in [1.29, 1.82) is 0 Å². The summed E-state index contributed by atoms with van der Waals surface area (Å²) in [5.74, 6) is 2.46. The molecule has 0 aromatic heterocycles. The van der Waals surface area contributed by atoms with Crippen LogP contribution in [-0.4, -0.2) is 63.7 Å². The van der Waals surface area contributed by atoms with Crippen molar-refractivity contribution < 1.29 is 9.53 Å². The summed E-state index contributed by atoms with van der Waals surface area (Å²) in [5, 5.41) is 5.97. The van der Waals surface area contributed by atoms with E-state index in [9.17, 15) is 4.79 Å². The lowest BCUT2D eigenvalue weighted by Crippen LogP contribution is -2.45. The second-order valence-corrected chi connectivity index (χ2v) is 5.95. The lowest BCUT2D eigenvalue weighted by Gasteiger charge is -2.22. The monoisotopic (exact) mass is 424 g/mol. The van der Waals surface area contributed by atoms with Gasteiger partial charge in [0.05, 0.1) is 13.2 Å². The molecule has 0 aromatic carbocycles. The first-order valence-electron chi connectivity index (χ1n) is 7.95. The van der Waals surface area contributed by atoms with Gasteiger partial charge >= 0.3 is 0 Å². The fourth-order valence-corrected chi connectivity index (χ4v) is 3.43. The highest BCUT2D eigenvalue weighted by Crippen LogP contribution is 2.35. The zero-order valence-electron chi connectivity index (χ0n) is 13.6. The molecular weight excluding hydrogens is 395 g/mol. The molecule has 2 unspecified atom stereocenters. The summed E-state index contributed by atoms with van der Waals surface area (Å²) in [6, 6.07) is 0. The number of nitrogens with zero attached hydrogens (tertiary/aromatic N) is 2. The molecule has 128 valence electrons. The van der Waals surface area contributed by atoms with Gasteiger partial charge in [-0.1, -0.05) is 12.8 Å². The Hall–Kier alpha value is -0.570. The number of fused-ring (bicyclic) bond motifs is 1. The Morgan fingerprint density at radius 2 is 1.86 bits per heavy atom. The van der Waals surface area contributed by atoms with E-state index in [2.05, 4.69) is 20.5 Å². The Balaban J connectivity index is 0.00000242. The molecule has 1 aliphatic heterocycles. The predicted octanol–water partition coefficient (Wildman–Crippen LogP) is 1.06. The van der Waals surface area contributed by atoms with Crippen molar-refractivity contribution in [2.45, 2.75) is 25.7 Å². The first-order valence-corrected chi connectivity index (χ1v) is 7.95. The van der Waals surface area contributed by atoms with Crippen molar-refractivity contribution in [3.63, 3.8) is 0 Å². The van der Waals surface area contributed by atoms with Crippen LogP contribution < -0.4 is 10.6 Å². The van der Waals surface area contributed by atoms with Gasteiger partial charge in [-0.25, -0.2) is 0 Å². The molecule has 6 nitrogen and oxygen atoms in total. The van der Waals surface area contributed by atoms with Gasteiger partial charge in [0.2, 0.25) is 5.91 Å². The number of hydrogen-bond acceptors (Lipinski definition) is 3. The number of aliphatic imine (C=N–C) groups is 1. The molecule has 0 radical (unpaired) electrons. The number of carbonyl (C=O) groups is 1. The van der Waals surface area contributed by atoms with E-state index in [1.807, 2.05) is 0 Å². The summed E-state index contributed by atoms with van der Waals surface area (Å²) in [5.41, 5.74) is 0. The van der Waals surface area contributed by atoms with Crippen LogP contribution in [0.4, 0.5) is 0 Å². The first kappa shape index (κ1) is 19.5. The molecule has 1 saturated heterocycles. The Bertz CT molecular complexity index is 365. The fourth-order valence-electron chi connectivity index (χ4n) is 3.43. The third-order valence-corrected chi connectivity index (χ3v) is 4.52. The third kappa shape index (κ3) is 5.57. The molecular formula is C15H29IN4O2. The number of likely N-dealkylation sites (tertiary alicyclic amines) is 1. The molecule has 0 spiro atoms. The first-order chi connectivity index (χ1) is 10.2. The molecule has 2 N–H and O–H groups in total. The average molecular weight is 424 g/mol. The van der Waals surface area contributed by atoms with Crippen molar-refractivity contribution >= 4 is 35.8 Å². The Morgan fingerprint density at radius 3 is 2.41 bits per heavy atom. The number of carbonyl (C=O) groups excluding carboxylic acids is 1. The number of methoxy groups -OCH3 is 1. The van der Waals surface area contributed by atoms with Crippen LogP contribution in [0.5, 0.6) is 0 Å². The van der Waals surface area contributed by atoms with Crippen LogP contribution in [0.15, 0.2) is 4.99 Å². The van der Waals surface area contributed by atoms with Gasteiger partial charge in [-0.15, -0.1) is 24.0 Å². The minimum atomic E-state index is -0.0233. The second-order valence-electron chi connectivity index (χ2n) is 5.95. The maximum atomic E-state index is 11.7. The Morgan fingerprint density at radius 1 is 1.23 bits per heavy atom. The van der Waals surface area contributed by atoms with E-state index in [4.69, 9.17) is 4.74 Å². The van der Waals surface area contributed by atoms with Crippen LogP contribution in [-0.2, 0) is 9.53 Å². The lowest BCUT2D eigenvalue weighted by atomic mass is 9.82. The van der Waals surface area contributed by atoms with Gasteiger partial charge in [-0.05, 0) is 24.7 Å². The fraction of sp³-hybridized carbons (Fsp3) is 0.867. The van der Waals surface area contributed by atoms with E-state index < -0.39 is 0 Å². The summed E-state index contributed by atoms with van der Waals surface area (Å²) in [6.45, 7) is 3.51. The van der Waals surface area contributed by atoms with E-state index in [-0.39, 0.29) is 36.4 Å². The van der Waals surface area contributed by atoms with Crippen LogP contribution >= 0.6 is 24.0 Å². The third-order valence-electron chi connectivity index (χ3n) is 4.52. The average Bonchev–Trinajstić information content (AvgIpc) is 2.92. The van der Waals surface area contributed by atoms with Gasteiger partial charge in [-0.3, -0.25) is 9.79 Å². The van der Waals surface area contributed by atoms with Crippen LogP contribution in [0.1, 0.15) is 25.7 Å². The number of guanidine groups is 1. The SMILES string of the molecule is CN=C(NCC(=O)NCCOC)N1CC2CCCCC2C1.I. The van der Waals surface area contributed by atoms with Gasteiger partial charge in [-0.2, -0.15) is 0 Å². The zero-order valence-corrected chi connectivity index (χ0v) is 16.0. The highest BCUT2D eigenvalue weighted by atomic mass is 127. The summed E-state index contributed by atoms with van der Waals surface area (Å²) >= 11 is 0. The number of ether oxygens (including phenoxy) is 1. The number of hydrogen-bond donors (Lipinski definition) is 2. The predicted molar refractivity (Wildman–Crippen MR) is 98.7 cm³/mol. The van der Waals surface area contributed by atoms with Crippen molar-refractivity contribution in [3.8, 4) is 0 Å². The molecule has 2 fully saturated rings. The molecule has 1 heterocycles. The van der Waals surface area contributed by atoms with E-state index in [1.54, 1.807) is 14.2 Å². The van der Waals surface area contributed by atoms with Gasteiger partial charge < -0.3 is 20.3 Å². The zero-order chi connectivity index (χ0) is 15.1. The van der Waals surface area contributed by atoms with Crippen LogP contribution in [0.25, 0.3) is 0 Å². The molecule has 0 aromatic rings.